The zero-order valence-electron chi connectivity index (χ0n) is 9.42. The lowest BCUT2D eigenvalue weighted by Gasteiger charge is -1.96. The van der Waals surface area contributed by atoms with E-state index in [9.17, 15) is 4.79 Å². The first-order chi connectivity index (χ1) is 8.66. The van der Waals surface area contributed by atoms with Gasteiger partial charge in [0.25, 0.3) is 5.91 Å². The summed E-state index contributed by atoms with van der Waals surface area (Å²) < 4.78 is 5.37. The van der Waals surface area contributed by atoms with Crippen molar-refractivity contribution in [2.75, 3.05) is 0 Å². The molecular formula is C11H9BrN4O2. The molecule has 0 bridgehead atoms. The molecule has 0 fully saturated rings. The van der Waals surface area contributed by atoms with E-state index in [-0.39, 0.29) is 5.69 Å². The zero-order chi connectivity index (χ0) is 13.0. The van der Waals surface area contributed by atoms with E-state index in [1.165, 1.54) is 6.21 Å². The van der Waals surface area contributed by atoms with Crippen LogP contribution in [0, 0.1) is 6.92 Å². The predicted octanol–water partition coefficient (Wildman–Crippen LogP) is 1.90. The van der Waals surface area contributed by atoms with Crippen LogP contribution in [0.1, 0.15) is 21.7 Å². The van der Waals surface area contributed by atoms with E-state index in [0.29, 0.717) is 5.69 Å². The second-order valence-corrected chi connectivity index (χ2v) is 4.37. The lowest BCUT2D eigenvalue weighted by Crippen LogP contribution is -2.19. The van der Waals surface area contributed by atoms with Crippen molar-refractivity contribution in [3.63, 3.8) is 0 Å². The topological polar surface area (TPSA) is 80.4 Å². The molecule has 0 saturated carbocycles. The quantitative estimate of drug-likeness (QED) is 0.693. The van der Waals surface area contributed by atoms with Gasteiger partial charge in [-0.15, -0.1) is 0 Å². The smallest absolute Gasteiger partial charge is 0.265 e. The van der Waals surface area contributed by atoms with E-state index >= 15 is 0 Å². The highest BCUT2D eigenvalue weighted by Crippen LogP contribution is 2.09. The highest BCUT2D eigenvalue weighted by molar-refractivity contribution is 9.10. The Morgan fingerprint density at radius 3 is 3.00 bits per heavy atom. The molecule has 18 heavy (non-hydrogen) atoms. The van der Waals surface area contributed by atoms with E-state index in [0.717, 1.165) is 10.0 Å². The van der Waals surface area contributed by atoms with Crippen molar-refractivity contribution >= 4 is 28.1 Å². The van der Waals surface area contributed by atoms with Gasteiger partial charge in [0, 0.05) is 4.47 Å². The predicted molar refractivity (Wildman–Crippen MR) is 68.2 cm³/mol. The first-order valence-corrected chi connectivity index (χ1v) is 5.84. The van der Waals surface area contributed by atoms with Gasteiger partial charge in [0.1, 0.15) is 5.69 Å². The highest BCUT2D eigenvalue weighted by atomic mass is 79.9. The van der Waals surface area contributed by atoms with Crippen molar-refractivity contribution < 1.29 is 9.42 Å². The molecule has 0 unspecified atom stereocenters. The molecule has 6 nitrogen and oxygen atoms in total. The number of hydrogen-bond acceptors (Lipinski definition) is 5. The fourth-order valence-corrected chi connectivity index (χ4v) is 1.66. The van der Waals surface area contributed by atoms with E-state index < -0.39 is 5.91 Å². The first kappa shape index (κ1) is 12.4. The van der Waals surface area contributed by atoms with Crippen LogP contribution in [0.2, 0.25) is 0 Å². The Bertz CT molecular complexity index is 594. The molecule has 1 aromatic heterocycles. The van der Waals surface area contributed by atoms with Gasteiger partial charge in [0.15, 0.2) is 5.69 Å². The minimum absolute atomic E-state index is 0.126. The monoisotopic (exact) mass is 308 g/mol. The lowest BCUT2D eigenvalue weighted by molar-refractivity contribution is 0.0945. The average Bonchev–Trinajstić information content (AvgIpc) is 2.75. The average molecular weight is 309 g/mol. The number of carbonyl (C=O) groups excluding carboxylic acids is 1. The molecule has 0 saturated heterocycles. The van der Waals surface area contributed by atoms with Crippen LogP contribution in [-0.2, 0) is 0 Å². The number of benzene rings is 1. The zero-order valence-corrected chi connectivity index (χ0v) is 11.0. The molecular weight excluding hydrogens is 300 g/mol. The summed E-state index contributed by atoms with van der Waals surface area (Å²) in [5.74, 6) is -0.458. The van der Waals surface area contributed by atoms with Crippen molar-refractivity contribution in [3.8, 4) is 0 Å². The maximum absolute atomic E-state index is 11.6. The van der Waals surface area contributed by atoms with E-state index in [1.807, 2.05) is 24.3 Å². The van der Waals surface area contributed by atoms with Crippen molar-refractivity contribution in [1.29, 1.82) is 0 Å². The Labute approximate surface area is 111 Å². The summed E-state index contributed by atoms with van der Waals surface area (Å²) >= 11 is 3.34. The van der Waals surface area contributed by atoms with Crippen LogP contribution < -0.4 is 5.43 Å². The van der Waals surface area contributed by atoms with Crippen LogP contribution >= 0.6 is 15.9 Å². The number of aromatic nitrogens is 2. The van der Waals surface area contributed by atoms with Gasteiger partial charge in [-0.2, -0.15) is 5.10 Å². The standard InChI is InChI=1S/C11H9BrN4O2/c1-7-10(16-18-15-7)11(17)14-13-6-8-3-2-4-9(12)5-8/h2-6H,1H3,(H,14,17)/b13-6+. The van der Waals surface area contributed by atoms with Crippen LogP contribution in [0.25, 0.3) is 0 Å². The summed E-state index contributed by atoms with van der Waals surface area (Å²) in [6.07, 6.45) is 1.53. The minimum Gasteiger partial charge on any atom is -0.265 e. The molecule has 2 aromatic rings. The van der Waals surface area contributed by atoms with Crippen molar-refractivity contribution in [2.24, 2.45) is 5.10 Å². The molecule has 0 atom stereocenters. The molecule has 0 aliphatic rings. The Morgan fingerprint density at radius 2 is 2.33 bits per heavy atom. The maximum Gasteiger partial charge on any atom is 0.295 e. The third kappa shape index (κ3) is 3.01. The molecule has 0 radical (unpaired) electrons. The molecule has 92 valence electrons. The summed E-state index contributed by atoms with van der Waals surface area (Å²) in [6, 6.07) is 7.52. The second kappa shape index (κ2) is 5.54. The van der Waals surface area contributed by atoms with Crippen molar-refractivity contribution in [2.45, 2.75) is 6.92 Å². The fraction of sp³-hybridized carbons (Fsp3) is 0.0909. The molecule has 1 aromatic carbocycles. The van der Waals surface area contributed by atoms with Crippen LogP contribution in [-0.4, -0.2) is 22.4 Å². The van der Waals surface area contributed by atoms with Crippen LogP contribution in [0.5, 0.6) is 0 Å². The van der Waals surface area contributed by atoms with Gasteiger partial charge in [-0.1, -0.05) is 33.2 Å². The van der Waals surface area contributed by atoms with Gasteiger partial charge in [-0.3, -0.25) is 4.79 Å². The Balaban J connectivity index is 2.00. The van der Waals surface area contributed by atoms with Gasteiger partial charge in [0.05, 0.1) is 6.21 Å². The van der Waals surface area contributed by atoms with E-state index in [1.54, 1.807) is 6.92 Å². The van der Waals surface area contributed by atoms with Crippen LogP contribution in [0.4, 0.5) is 0 Å². The number of hydrogen-bond donors (Lipinski definition) is 1. The molecule has 0 spiro atoms. The Hall–Kier alpha value is -2.02. The molecule has 1 N–H and O–H groups in total. The van der Waals surface area contributed by atoms with E-state index in [2.05, 4.69) is 41.4 Å². The Kier molecular flexibility index (Phi) is 3.83. The molecule has 1 amide bonds. The fourth-order valence-electron chi connectivity index (χ4n) is 1.24. The van der Waals surface area contributed by atoms with Crippen molar-refractivity contribution in [1.82, 2.24) is 15.7 Å². The van der Waals surface area contributed by atoms with Crippen LogP contribution in [0.15, 0.2) is 38.5 Å². The maximum atomic E-state index is 11.6. The van der Waals surface area contributed by atoms with Crippen molar-refractivity contribution in [3.05, 3.63) is 45.7 Å². The number of amides is 1. The third-order valence-corrected chi connectivity index (χ3v) is 2.59. The first-order valence-electron chi connectivity index (χ1n) is 5.05. The normalized spacial score (nSPS) is 10.8. The summed E-state index contributed by atoms with van der Waals surface area (Å²) in [5.41, 5.74) is 3.76. The SMILES string of the molecule is Cc1nonc1C(=O)N/N=C/c1cccc(Br)c1. The number of aryl methyl sites for hydroxylation is 1. The van der Waals surface area contributed by atoms with Gasteiger partial charge < -0.3 is 0 Å². The molecule has 7 heteroatoms. The van der Waals surface area contributed by atoms with Gasteiger partial charge in [-0.25, -0.2) is 10.1 Å². The summed E-state index contributed by atoms with van der Waals surface area (Å²) in [5, 5.41) is 10.8. The Morgan fingerprint density at radius 1 is 1.50 bits per heavy atom. The highest BCUT2D eigenvalue weighted by Gasteiger charge is 2.13. The summed E-state index contributed by atoms with van der Waals surface area (Å²) in [4.78, 5) is 11.6. The number of carbonyl (C=O) groups is 1. The molecule has 2 rings (SSSR count). The molecule has 0 aliphatic heterocycles. The number of nitrogens with one attached hydrogen (secondary N) is 1. The third-order valence-electron chi connectivity index (χ3n) is 2.10. The number of nitrogens with zero attached hydrogens (tertiary/aromatic N) is 3. The number of rotatable bonds is 3. The van der Waals surface area contributed by atoms with Gasteiger partial charge in [0.2, 0.25) is 0 Å². The minimum atomic E-state index is -0.458. The van der Waals surface area contributed by atoms with Crippen LogP contribution in [0.3, 0.4) is 0 Å². The number of halogens is 1. The largest absolute Gasteiger partial charge is 0.295 e. The number of hydrazone groups is 1. The second-order valence-electron chi connectivity index (χ2n) is 3.45. The van der Waals surface area contributed by atoms with E-state index in [4.69, 9.17) is 0 Å². The lowest BCUT2D eigenvalue weighted by atomic mass is 10.2. The molecule has 1 heterocycles. The summed E-state index contributed by atoms with van der Waals surface area (Å²) in [7, 11) is 0. The molecule has 0 aliphatic carbocycles. The van der Waals surface area contributed by atoms with Gasteiger partial charge in [-0.05, 0) is 29.8 Å². The summed E-state index contributed by atoms with van der Waals surface area (Å²) in [6.45, 7) is 1.63. The van der Waals surface area contributed by atoms with Gasteiger partial charge >= 0.3 is 0 Å².